The standard InChI is InChI=1S/C26H25Cl2N4O/c1-3-4-8-19-9-11-20(12-10-19)25-18(2)24(26(33)30-31-15-6-5-7-16-31)29-32(25)23-14-13-21(27)17-22(23)28/h9-14,17H,1,3,5-7,15-16H2,2H3,(H,30,33). The molecule has 4 rings (SSSR count). The quantitative estimate of drug-likeness (QED) is 0.476. The summed E-state index contributed by atoms with van der Waals surface area (Å²) in [7, 11) is 0. The van der Waals surface area contributed by atoms with E-state index in [0.717, 1.165) is 48.3 Å². The zero-order valence-corrected chi connectivity index (χ0v) is 20.0. The molecule has 1 radical (unpaired) electrons. The maximum atomic E-state index is 13.2. The van der Waals surface area contributed by atoms with Gasteiger partial charge in [-0.3, -0.25) is 10.2 Å². The Hall–Kier alpha value is -2.78. The molecule has 3 aromatic rings. The number of halogens is 2. The van der Waals surface area contributed by atoms with Crippen LogP contribution in [0.2, 0.25) is 10.0 Å². The normalized spacial score (nSPS) is 13.9. The molecule has 2 heterocycles. The van der Waals surface area contributed by atoms with Crippen LogP contribution in [0.5, 0.6) is 0 Å². The predicted octanol–water partition coefficient (Wildman–Crippen LogP) is 5.86. The lowest BCUT2D eigenvalue weighted by molar-refractivity contribution is 0.0743. The lowest BCUT2D eigenvalue weighted by Crippen LogP contribution is -2.45. The summed E-state index contributed by atoms with van der Waals surface area (Å²) in [4.78, 5) is 13.2. The van der Waals surface area contributed by atoms with Gasteiger partial charge in [-0.2, -0.15) is 5.10 Å². The number of nitrogens with one attached hydrogen (secondary N) is 1. The van der Waals surface area contributed by atoms with Crippen LogP contribution in [0.1, 0.15) is 47.3 Å². The van der Waals surface area contributed by atoms with E-state index in [4.69, 9.17) is 28.3 Å². The number of piperidine rings is 1. The first kappa shape index (κ1) is 23.4. The van der Waals surface area contributed by atoms with Gasteiger partial charge in [-0.15, -0.1) is 0 Å². The summed E-state index contributed by atoms with van der Waals surface area (Å²) in [5.74, 6) is 5.83. The first-order chi connectivity index (χ1) is 16.0. The van der Waals surface area contributed by atoms with E-state index in [-0.39, 0.29) is 5.91 Å². The molecule has 1 aromatic heterocycles. The van der Waals surface area contributed by atoms with Gasteiger partial charge in [0, 0.05) is 41.2 Å². The third-order valence-corrected chi connectivity index (χ3v) is 6.14. The number of hydrogen-bond donors (Lipinski definition) is 1. The molecular formula is C26H25Cl2N4O. The summed E-state index contributed by atoms with van der Waals surface area (Å²) in [6, 6.07) is 13.1. The number of hydrazine groups is 1. The summed E-state index contributed by atoms with van der Waals surface area (Å²) in [6.45, 7) is 7.35. The van der Waals surface area contributed by atoms with Crippen LogP contribution in [-0.4, -0.2) is 33.8 Å². The van der Waals surface area contributed by atoms with Gasteiger partial charge in [0.05, 0.1) is 16.4 Å². The Bertz CT molecular complexity index is 1220. The molecule has 1 saturated heterocycles. The van der Waals surface area contributed by atoms with Crippen LogP contribution < -0.4 is 5.43 Å². The first-order valence-electron chi connectivity index (χ1n) is 11.0. The van der Waals surface area contributed by atoms with Crippen LogP contribution in [0.15, 0.2) is 42.5 Å². The molecule has 0 spiro atoms. The highest BCUT2D eigenvalue weighted by Crippen LogP contribution is 2.33. The second-order valence-electron chi connectivity index (χ2n) is 7.95. The van der Waals surface area contributed by atoms with Crippen molar-refractivity contribution in [2.45, 2.75) is 32.6 Å². The SMILES string of the molecule is [CH2]CC#Cc1ccc(-c2c(C)c(C(=O)NN3CCCCC3)nn2-c2ccc(Cl)cc2Cl)cc1. The average molecular weight is 480 g/mol. The Morgan fingerprint density at radius 3 is 2.52 bits per heavy atom. The molecule has 0 aliphatic carbocycles. The van der Waals surface area contributed by atoms with Crippen molar-refractivity contribution in [2.75, 3.05) is 13.1 Å². The van der Waals surface area contributed by atoms with Gasteiger partial charge in [0.25, 0.3) is 5.91 Å². The third-order valence-electron chi connectivity index (χ3n) is 5.61. The molecule has 1 amide bonds. The lowest BCUT2D eigenvalue weighted by atomic mass is 10.0. The van der Waals surface area contributed by atoms with Gasteiger partial charge in [0.1, 0.15) is 0 Å². The zero-order chi connectivity index (χ0) is 23.4. The molecule has 2 aromatic carbocycles. The summed E-state index contributed by atoms with van der Waals surface area (Å²) in [6.07, 6.45) is 3.89. The molecule has 5 nitrogen and oxygen atoms in total. The van der Waals surface area contributed by atoms with Gasteiger partial charge in [-0.1, -0.05) is 53.6 Å². The Balaban J connectivity index is 1.78. The van der Waals surface area contributed by atoms with E-state index in [1.54, 1.807) is 22.9 Å². The highest BCUT2D eigenvalue weighted by atomic mass is 35.5. The van der Waals surface area contributed by atoms with Crippen molar-refractivity contribution in [3.63, 3.8) is 0 Å². The van der Waals surface area contributed by atoms with Crippen molar-refractivity contribution in [3.05, 3.63) is 76.3 Å². The molecular weight excluding hydrogens is 455 g/mol. The topological polar surface area (TPSA) is 50.2 Å². The molecule has 33 heavy (non-hydrogen) atoms. The second-order valence-corrected chi connectivity index (χ2v) is 8.79. The molecule has 1 aliphatic heterocycles. The van der Waals surface area contributed by atoms with Crippen molar-refractivity contribution >= 4 is 29.1 Å². The minimum absolute atomic E-state index is 0.225. The number of carbonyl (C=O) groups is 1. The average Bonchev–Trinajstić information content (AvgIpc) is 3.15. The second kappa shape index (κ2) is 10.4. The van der Waals surface area contributed by atoms with Crippen LogP contribution in [0, 0.1) is 25.7 Å². The van der Waals surface area contributed by atoms with Gasteiger partial charge >= 0.3 is 0 Å². The van der Waals surface area contributed by atoms with E-state index in [9.17, 15) is 4.79 Å². The molecule has 0 bridgehead atoms. The maximum Gasteiger partial charge on any atom is 0.286 e. The largest absolute Gasteiger partial charge is 0.286 e. The van der Waals surface area contributed by atoms with Gasteiger partial charge in [0.15, 0.2) is 5.69 Å². The van der Waals surface area contributed by atoms with E-state index in [1.165, 1.54) is 6.42 Å². The van der Waals surface area contributed by atoms with Crippen molar-refractivity contribution in [3.8, 4) is 28.8 Å². The number of hydrogen-bond acceptors (Lipinski definition) is 3. The molecule has 1 N–H and O–H groups in total. The highest BCUT2D eigenvalue weighted by molar-refractivity contribution is 6.35. The molecule has 7 heteroatoms. The smallest absolute Gasteiger partial charge is 0.283 e. The highest BCUT2D eigenvalue weighted by Gasteiger charge is 2.24. The van der Waals surface area contributed by atoms with Gasteiger partial charge in [-0.05, 0) is 57.0 Å². The van der Waals surface area contributed by atoms with E-state index in [0.29, 0.717) is 27.8 Å². The minimum atomic E-state index is -0.225. The molecule has 0 atom stereocenters. The number of rotatable bonds is 4. The number of benzene rings is 2. The van der Waals surface area contributed by atoms with Crippen LogP contribution in [-0.2, 0) is 0 Å². The van der Waals surface area contributed by atoms with E-state index in [2.05, 4.69) is 24.2 Å². The maximum absolute atomic E-state index is 13.2. The number of carbonyl (C=O) groups excluding carboxylic acids is 1. The monoisotopic (exact) mass is 479 g/mol. The van der Waals surface area contributed by atoms with Gasteiger partial charge in [0.2, 0.25) is 0 Å². The van der Waals surface area contributed by atoms with Crippen LogP contribution in [0.4, 0.5) is 0 Å². The predicted molar refractivity (Wildman–Crippen MR) is 133 cm³/mol. The van der Waals surface area contributed by atoms with Crippen molar-refractivity contribution < 1.29 is 4.79 Å². The van der Waals surface area contributed by atoms with Crippen LogP contribution in [0.3, 0.4) is 0 Å². The molecule has 1 aliphatic rings. The fourth-order valence-corrected chi connectivity index (χ4v) is 4.44. The lowest BCUT2D eigenvalue weighted by Gasteiger charge is -2.26. The Kier molecular flexibility index (Phi) is 7.39. The van der Waals surface area contributed by atoms with E-state index < -0.39 is 0 Å². The summed E-state index contributed by atoms with van der Waals surface area (Å²) in [5.41, 5.74) is 7.40. The molecule has 0 unspecified atom stereocenters. The Morgan fingerprint density at radius 1 is 1.12 bits per heavy atom. The Labute approximate surface area is 204 Å². The number of nitrogens with zero attached hydrogens (tertiary/aromatic N) is 3. The van der Waals surface area contributed by atoms with Crippen LogP contribution >= 0.6 is 23.2 Å². The molecule has 169 valence electrons. The summed E-state index contributed by atoms with van der Waals surface area (Å²) >= 11 is 12.6. The molecule has 0 saturated carbocycles. The van der Waals surface area contributed by atoms with Crippen molar-refractivity contribution in [2.24, 2.45) is 0 Å². The van der Waals surface area contributed by atoms with Crippen molar-refractivity contribution in [1.82, 2.24) is 20.2 Å². The first-order valence-corrected chi connectivity index (χ1v) is 11.7. The van der Waals surface area contributed by atoms with Gasteiger partial charge in [-0.25, -0.2) is 9.69 Å². The van der Waals surface area contributed by atoms with E-state index >= 15 is 0 Å². The van der Waals surface area contributed by atoms with Crippen molar-refractivity contribution in [1.29, 1.82) is 0 Å². The van der Waals surface area contributed by atoms with E-state index in [1.807, 2.05) is 36.2 Å². The fourth-order valence-electron chi connectivity index (χ4n) is 3.96. The number of amides is 1. The summed E-state index contributed by atoms with van der Waals surface area (Å²) in [5, 5.41) is 7.65. The number of aromatic nitrogens is 2. The fraction of sp³-hybridized carbons (Fsp3) is 0.269. The third kappa shape index (κ3) is 5.25. The zero-order valence-electron chi connectivity index (χ0n) is 18.5. The van der Waals surface area contributed by atoms with Crippen LogP contribution in [0.25, 0.3) is 16.9 Å². The minimum Gasteiger partial charge on any atom is -0.283 e. The Morgan fingerprint density at radius 2 is 1.85 bits per heavy atom. The summed E-state index contributed by atoms with van der Waals surface area (Å²) < 4.78 is 1.72. The molecule has 1 fully saturated rings. The van der Waals surface area contributed by atoms with Gasteiger partial charge < -0.3 is 0 Å².